The van der Waals surface area contributed by atoms with Crippen molar-refractivity contribution in [1.82, 2.24) is 9.97 Å². The van der Waals surface area contributed by atoms with Crippen molar-refractivity contribution in [3.8, 4) is 5.75 Å². The Kier molecular flexibility index (Phi) is 6.22. The summed E-state index contributed by atoms with van der Waals surface area (Å²) >= 11 is 0. The summed E-state index contributed by atoms with van der Waals surface area (Å²) in [7, 11) is 1.65. The molecule has 6 heteroatoms. The van der Waals surface area contributed by atoms with Gasteiger partial charge >= 0.3 is 0 Å². The van der Waals surface area contributed by atoms with Crippen LogP contribution < -0.4 is 15.4 Å². The van der Waals surface area contributed by atoms with E-state index in [-0.39, 0.29) is 5.91 Å². The summed E-state index contributed by atoms with van der Waals surface area (Å²) in [5.41, 5.74) is 4.12. The van der Waals surface area contributed by atoms with Gasteiger partial charge in [-0.2, -0.15) is 0 Å². The molecule has 0 bridgehead atoms. The van der Waals surface area contributed by atoms with Gasteiger partial charge in [-0.25, -0.2) is 9.97 Å². The number of methoxy groups -OCH3 is 1. The number of aryl methyl sites for hydroxylation is 2. The van der Waals surface area contributed by atoms with Gasteiger partial charge in [0.1, 0.15) is 11.4 Å². The van der Waals surface area contributed by atoms with E-state index in [0.29, 0.717) is 18.2 Å². The highest BCUT2D eigenvalue weighted by Gasteiger charge is 2.11. The van der Waals surface area contributed by atoms with E-state index in [2.05, 4.69) is 20.6 Å². The SMILES string of the molecule is COc1ccc(CCNc2nc(C)cc(C(=O)Nc3ccc(C)cc3)n2)cc1. The Morgan fingerprint density at radius 3 is 2.39 bits per heavy atom. The molecule has 0 spiro atoms. The molecule has 1 amide bonds. The second kappa shape index (κ2) is 8.99. The summed E-state index contributed by atoms with van der Waals surface area (Å²) in [6.45, 7) is 4.51. The van der Waals surface area contributed by atoms with Gasteiger partial charge in [-0.1, -0.05) is 29.8 Å². The van der Waals surface area contributed by atoms with Gasteiger partial charge in [0.2, 0.25) is 5.95 Å². The van der Waals surface area contributed by atoms with E-state index in [9.17, 15) is 4.79 Å². The van der Waals surface area contributed by atoms with Crippen LogP contribution >= 0.6 is 0 Å². The second-order valence-electron chi connectivity index (χ2n) is 6.56. The molecule has 28 heavy (non-hydrogen) atoms. The fourth-order valence-corrected chi connectivity index (χ4v) is 2.71. The highest BCUT2D eigenvalue weighted by molar-refractivity contribution is 6.03. The molecular weight excluding hydrogens is 352 g/mol. The average Bonchev–Trinajstić information content (AvgIpc) is 2.70. The molecule has 1 heterocycles. The molecular formula is C22H24N4O2. The Morgan fingerprint density at radius 2 is 1.71 bits per heavy atom. The number of hydrogen-bond acceptors (Lipinski definition) is 5. The van der Waals surface area contributed by atoms with Crippen molar-refractivity contribution in [3.05, 3.63) is 77.1 Å². The molecule has 0 fully saturated rings. The summed E-state index contributed by atoms with van der Waals surface area (Å²) < 4.78 is 5.17. The minimum atomic E-state index is -0.257. The summed E-state index contributed by atoms with van der Waals surface area (Å²) in [5.74, 6) is 1.03. The molecule has 0 saturated heterocycles. The number of carbonyl (C=O) groups is 1. The number of rotatable bonds is 7. The van der Waals surface area contributed by atoms with Gasteiger partial charge in [-0.15, -0.1) is 0 Å². The quantitative estimate of drug-likeness (QED) is 0.652. The number of aromatic nitrogens is 2. The van der Waals surface area contributed by atoms with E-state index >= 15 is 0 Å². The van der Waals surface area contributed by atoms with Crippen LogP contribution in [0, 0.1) is 13.8 Å². The van der Waals surface area contributed by atoms with Crippen LogP contribution in [0.5, 0.6) is 5.75 Å². The van der Waals surface area contributed by atoms with Crippen LogP contribution in [0.3, 0.4) is 0 Å². The van der Waals surface area contributed by atoms with Crippen LogP contribution in [-0.2, 0) is 6.42 Å². The molecule has 0 aliphatic rings. The summed E-state index contributed by atoms with van der Waals surface area (Å²) in [6, 6.07) is 17.2. The van der Waals surface area contributed by atoms with E-state index in [1.54, 1.807) is 13.2 Å². The summed E-state index contributed by atoms with van der Waals surface area (Å²) in [6.07, 6.45) is 0.812. The molecule has 3 aromatic rings. The normalized spacial score (nSPS) is 10.4. The standard InChI is InChI=1S/C22H24N4O2/c1-15-4-8-18(9-5-15)25-21(27)20-14-16(2)24-22(26-20)23-13-12-17-6-10-19(28-3)11-7-17/h4-11,14H,12-13H2,1-3H3,(H,25,27)(H,23,24,26). The Morgan fingerprint density at radius 1 is 1.00 bits per heavy atom. The number of carbonyl (C=O) groups excluding carboxylic acids is 1. The monoisotopic (exact) mass is 376 g/mol. The van der Waals surface area contributed by atoms with E-state index in [0.717, 1.165) is 29.1 Å². The molecule has 2 aromatic carbocycles. The van der Waals surface area contributed by atoms with Crippen LogP contribution in [0.4, 0.5) is 11.6 Å². The molecule has 3 rings (SSSR count). The minimum Gasteiger partial charge on any atom is -0.497 e. The van der Waals surface area contributed by atoms with E-state index in [1.807, 2.05) is 62.4 Å². The predicted molar refractivity (Wildman–Crippen MR) is 111 cm³/mol. The topological polar surface area (TPSA) is 76.1 Å². The van der Waals surface area contributed by atoms with Gasteiger partial charge in [0.25, 0.3) is 5.91 Å². The van der Waals surface area contributed by atoms with Crippen molar-refractivity contribution in [2.75, 3.05) is 24.3 Å². The molecule has 0 aliphatic heterocycles. The number of amides is 1. The number of ether oxygens (including phenoxy) is 1. The maximum Gasteiger partial charge on any atom is 0.274 e. The molecule has 0 saturated carbocycles. The van der Waals surface area contributed by atoms with Crippen LogP contribution in [0.2, 0.25) is 0 Å². The van der Waals surface area contributed by atoms with Crippen molar-refractivity contribution in [1.29, 1.82) is 0 Å². The lowest BCUT2D eigenvalue weighted by atomic mass is 10.1. The Balaban J connectivity index is 1.61. The first-order chi connectivity index (χ1) is 13.5. The molecule has 6 nitrogen and oxygen atoms in total. The molecule has 0 aliphatic carbocycles. The summed E-state index contributed by atoms with van der Waals surface area (Å²) in [4.78, 5) is 21.2. The number of hydrogen-bond donors (Lipinski definition) is 2. The average molecular weight is 376 g/mol. The lowest BCUT2D eigenvalue weighted by molar-refractivity contribution is 0.102. The Bertz CT molecular complexity index is 938. The largest absolute Gasteiger partial charge is 0.497 e. The number of nitrogens with zero attached hydrogens (tertiary/aromatic N) is 2. The lowest BCUT2D eigenvalue weighted by Crippen LogP contribution is -2.16. The Hall–Kier alpha value is -3.41. The first-order valence-electron chi connectivity index (χ1n) is 9.14. The molecule has 144 valence electrons. The molecule has 0 atom stereocenters. The third-order valence-corrected chi connectivity index (χ3v) is 4.25. The lowest BCUT2D eigenvalue weighted by Gasteiger charge is -2.09. The first kappa shape index (κ1) is 19.4. The third-order valence-electron chi connectivity index (χ3n) is 4.25. The fraction of sp³-hybridized carbons (Fsp3) is 0.227. The molecule has 0 unspecified atom stereocenters. The van der Waals surface area contributed by atoms with Crippen molar-refractivity contribution >= 4 is 17.5 Å². The van der Waals surface area contributed by atoms with Crippen molar-refractivity contribution in [2.24, 2.45) is 0 Å². The highest BCUT2D eigenvalue weighted by atomic mass is 16.5. The van der Waals surface area contributed by atoms with Gasteiger partial charge in [0.05, 0.1) is 7.11 Å². The minimum absolute atomic E-state index is 0.257. The van der Waals surface area contributed by atoms with Crippen LogP contribution in [0.25, 0.3) is 0 Å². The zero-order valence-corrected chi connectivity index (χ0v) is 16.3. The molecule has 1 aromatic heterocycles. The number of nitrogens with one attached hydrogen (secondary N) is 2. The van der Waals surface area contributed by atoms with Gasteiger partial charge in [-0.05, 0) is 56.2 Å². The van der Waals surface area contributed by atoms with Gasteiger partial charge in [0, 0.05) is 17.9 Å². The number of anilines is 2. The van der Waals surface area contributed by atoms with E-state index in [1.165, 1.54) is 5.56 Å². The van der Waals surface area contributed by atoms with Crippen molar-refractivity contribution in [3.63, 3.8) is 0 Å². The van der Waals surface area contributed by atoms with Crippen LogP contribution in [0.15, 0.2) is 54.6 Å². The zero-order valence-electron chi connectivity index (χ0n) is 16.3. The van der Waals surface area contributed by atoms with Gasteiger partial charge < -0.3 is 15.4 Å². The van der Waals surface area contributed by atoms with Crippen molar-refractivity contribution < 1.29 is 9.53 Å². The predicted octanol–water partition coefficient (Wildman–Crippen LogP) is 4.01. The third kappa shape index (κ3) is 5.30. The van der Waals surface area contributed by atoms with Gasteiger partial charge in [-0.3, -0.25) is 4.79 Å². The summed E-state index contributed by atoms with van der Waals surface area (Å²) in [5, 5.41) is 6.06. The first-order valence-corrected chi connectivity index (χ1v) is 9.14. The number of benzene rings is 2. The van der Waals surface area contributed by atoms with Crippen LogP contribution in [0.1, 0.15) is 27.3 Å². The molecule has 2 N–H and O–H groups in total. The zero-order chi connectivity index (χ0) is 19.9. The Labute approximate surface area is 165 Å². The second-order valence-corrected chi connectivity index (χ2v) is 6.56. The van der Waals surface area contributed by atoms with E-state index in [4.69, 9.17) is 4.74 Å². The smallest absolute Gasteiger partial charge is 0.274 e. The highest BCUT2D eigenvalue weighted by Crippen LogP contribution is 2.13. The fourth-order valence-electron chi connectivity index (χ4n) is 2.71. The maximum atomic E-state index is 12.5. The maximum absolute atomic E-state index is 12.5. The molecule has 0 radical (unpaired) electrons. The van der Waals surface area contributed by atoms with Crippen LogP contribution in [-0.4, -0.2) is 29.5 Å². The van der Waals surface area contributed by atoms with Gasteiger partial charge in [0.15, 0.2) is 0 Å². The van der Waals surface area contributed by atoms with E-state index < -0.39 is 0 Å². The van der Waals surface area contributed by atoms with Crippen molar-refractivity contribution in [2.45, 2.75) is 20.3 Å².